The van der Waals surface area contributed by atoms with Gasteiger partial charge in [0.25, 0.3) is 0 Å². The van der Waals surface area contributed by atoms with Gasteiger partial charge in [-0.2, -0.15) is 5.10 Å². The van der Waals surface area contributed by atoms with Crippen molar-refractivity contribution in [3.05, 3.63) is 35.7 Å². The zero-order chi connectivity index (χ0) is 11.5. The maximum Gasteiger partial charge on any atom is 0.165 e. The van der Waals surface area contributed by atoms with E-state index in [9.17, 15) is 0 Å². The van der Waals surface area contributed by atoms with Crippen molar-refractivity contribution in [2.45, 2.75) is 13.5 Å². The summed E-state index contributed by atoms with van der Waals surface area (Å²) in [7, 11) is 3.81. The first-order valence-corrected chi connectivity index (χ1v) is 5.32. The molecule has 16 heavy (non-hydrogen) atoms. The fraction of sp³-hybridized carbons (Fsp3) is 0.333. The van der Waals surface area contributed by atoms with E-state index < -0.39 is 0 Å². The molecule has 0 aliphatic carbocycles. The summed E-state index contributed by atoms with van der Waals surface area (Å²) >= 11 is 0. The highest BCUT2D eigenvalue weighted by Gasteiger charge is 2.08. The van der Waals surface area contributed by atoms with Crippen LogP contribution in [-0.2, 0) is 13.6 Å². The summed E-state index contributed by atoms with van der Waals surface area (Å²) in [6.45, 7) is 2.77. The lowest BCUT2D eigenvalue weighted by Gasteiger charge is -1.99. The van der Waals surface area contributed by atoms with E-state index in [0.717, 1.165) is 17.2 Å². The molecule has 1 N–H and O–H groups in total. The van der Waals surface area contributed by atoms with Crippen molar-refractivity contribution in [2.24, 2.45) is 7.05 Å². The second-order valence-electron chi connectivity index (χ2n) is 3.87. The Morgan fingerprint density at radius 2 is 1.94 bits per heavy atom. The largest absolute Gasteiger partial charge is 0.313 e. The molecular formula is C12H16N4. The first kappa shape index (κ1) is 10.8. The topological polar surface area (TPSA) is 42.7 Å². The second-order valence-corrected chi connectivity index (χ2v) is 3.87. The molecule has 0 bridgehead atoms. The van der Waals surface area contributed by atoms with E-state index in [0.29, 0.717) is 6.54 Å². The van der Waals surface area contributed by atoms with Gasteiger partial charge in [-0.25, -0.2) is 9.67 Å². The SMILES string of the molecule is CNCc1nc(-c2ccc(C)cc2)n(C)n1. The maximum absolute atomic E-state index is 4.49. The second kappa shape index (κ2) is 4.45. The van der Waals surface area contributed by atoms with E-state index in [2.05, 4.69) is 46.6 Å². The molecule has 4 heteroatoms. The summed E-state index contributed by atoms with van der Waals surface area (Å²) in [5, 5.41) is 7.39. The first-order chi connectivity index (χ1) is 7.70. The van der Waals surface area contributed by atoms with Crippen LogP contribution in [0.15, 0.2) is 24.3 Å². The first-order valence-electron chi connectivity index (χ1n) is 5.32. The number of hydrogen-bond acceptors (Lipinski definition) is 3. The number of aryl methyl sites for hydroxylation is 2. The average molecular weight is 216 g/mol. The van der Waals surface area contributed by atoms with Gasteiger partial charge in [0.15, 0.2) is 11.6 Å². The third-order valence-corrected chi connectivity index (χ3v) is 2.45. The fourth-order valence-corrected chi connectivity index (χ4v) is 1.62. The van der Waals surface area contributed by atoms with E-state index >= 15 is 0 Å². The van der Waals surface area contributed by atoms with Gasteiger partial charge in [0.05, 0.1) is 6.54 Å². The zero-order valence-electron chi connectivity index (χ0n) is 9.86. The monoisotopic (exact) mass is 216 g/mol. The molecule has 0 atom stereocenters. The van der Waals surface area contributed by atoms with Gasteiger partial charge in [-0.1, -0.05) is 29.8 Å². The van der Waals surface area contributed by atoms with Crippen LogP contribution in [0.5, 0.6) is 0 Å². The van der Waals surface area contributed by atoms with Gasteiger partial charge in [-0.15, -0.1) is 0 Å². The highest BCUT2D eigenvalue weighted by molar-refractivity contribution is 5.55. The number of nitrogens with zero attached hydrogens (tertiary/aromatic N) is 3. The normalized spacial score (nSPS) is 10.7. The van der Waals surface area contributed by atoms with Gasteiger partial charge in [0.2, 0.25) is 0 Å². The minimum atomic E-state index is 0.694. The highest BCUT2D eigenvalue weighted by Crippen LogP contribution is 2.16. The molecule has 1 aromatic carbocycles. The van der Waals surface area contributed by atoms with Crippen molar-refractivity contribution in [2.75, 3.05) is 7.05 Å². The molecular weight excluding hydrogens is 200 g/mol. The third-order valence-electron chi connectivity index (χ3n) is 2.45. The van der Waals surface area contributed by atoms with Crippen LogP contribution in [0, 0.1) is 6.92 Å². The summed E-state index contributed by atoms with van der Waals surface area (Å²) in [6, 6.07) is 8.31. The van der Waals surface area contributed by atoms with Crippen LogP contribution in [-0.4, -0.2) is 21.8 Å². The molecule has 0 radical (unpaired) electrons. The Kier molecular flexibility index (Phi) is 3.01. The molecule has 2 aromatic rings. The molecule has 0 fully saturated rings. The molecule has 0 amide bonds. The van der Waals surface area contributed by atoms with Gasteiger partial charge >= 0.3 is 0 Å². The van der Waals surface area contributed by atoms with Gasteiger partial charge in [0.1, 0.15) is 0 Å². The Balaban J connectivity index is 2.36. The molecule has 4 nitrogen and oxygen atoms in total. The van der Waals surface area contributed by atoms with Crippen LogP contribution in [0.4, 0.5) is 0 Å². The van der Waals surface area contributed by atoms with E-state index in [1.54, 1.807) is 0 Å². The van der Waals surface area contributed by atoms with Crippen LogP contribution in [0.2, 0.25) is 0 Å². The minimum Gasteiger partial charge on any atom is -0.313 e. The highest BCUT2D eigenvalue weighted by atomic mass is 15.3. The zero-order valence-corrected chi connectivity index (χ0v) is 9.86. The standard InChI is InChI=1S/C12H16N4/c1-9-4-6-10(7-5-9)12-14-11(8-13-2)15-16(12)3/h4-7,13H,8H2,1-3H3. The Morgan fingerprint density at radius 3 is 2.56 bits per heavy atom. The Bertz CT molecular complexity index is 470. The molecule has 0 aliphatic heterocycles. The fourth-order valence-electron chi connectivity index (χ4n) is 1.62. The summed E-state index contributed by atoms with van der Waals surface area (Å²) < 4.78 is 1.82. The molecule has 1 aromatic heterocycles. The average Bonchev–Trinajstić information content (AvgIpc) is 2.61. The molecule has 0 saturated carbocycles. The quantitative estimate of drug-likeness (QED) is 0.845. The van der Waals surface area contributed by atoms with Crippen molar-refractivity contribution in [1.82, 2.24) is 20.1 Å². The lowest BCUT2D eigenvalue weighted by atomic mass is 10.1. The summed E-state index contributed by atoms with van der Waals surface area (Å²) in [6.07, 6.45) is 0. The van der Waals surface area contributed by atoms with Gasteiger partial charge in [-0.3, -0.25) is 0 Å². The molecule has 0 spiro atoms. The lowest BCUT2D eigenvalue weighted by Crippen LogP contribution is -2.06. The summed E-state index contributed by atoms with van der Waals surface area (Å²) in [5.74, 6) is 1.73. The van der Waals surface area contributed by atoms with E-state index in [1.165, 1.54) is 5.56 Å². The van der Waals surface area contributed by atoms with Gasteiger partial charge in [0, 0.05) is 12.6 Å². The number of aromatic nitrogens is 3. The predicted molar refractivity (Wildman–Crippen MR) is 63.9 cm³/mol. The number of hydrogen-bond donors (Lipinski definition) is 1. The number of rotatable bonds is 3. The number of benzene rings is 1. The van der Waals surface area contributed by atoms with Crippen LogP contribution in [0.1, 0.15) is 11.4 Å². The Hall–Kier alpha value is -1.68. The van der Waals surface area contributed by atoms with E-state index in [-0.39, 0.29) is 0 Å². The van der Waals surface area contributed by atoms with Crippen LogP contribution in [0.3, 0.4) is 0 Å². The summed E-state index contributed by atoms with van der Waals surface area (Å²) in [4.78, 5) is 4.49. The molecule has 2 rings (SSSR count). The van der Waals surface area contributed by atoms with Crippen molar-refractivity contribution >= 4 is 0 Å². The predicted octanol–water partition coefficient (Wildman–Crippen LogP) is 1.51. The van der Waals surface area contributed by atoms with E-state index in [1.807, 2.05) is 18.8 Å². The third kappa shape index (κ3) is 2.12. The lowest BCUT2D eigenvalue weighted by molar-refractivity contribution is 0.711. The van der Waals surface area contributed by atoms with Crippen LogP contribution in [0.25, 0.3) is 11.4 Å². The summed E-state index contributed by atoms with van der Waals surface area (Å²) in [5.41, 5.74) is 2.35. The van der Waals surface area contributed by atoms with Crippen LogP contribution >= 0.6 is 0 Å². The molecule has 1 heterocycles. The van der Waals surface area contributed by atoms with Gasteiger partial charge in [-0.05, 0) is 14.0 Å². The molecule has 84 valence electrons. The van der Waals surface area contributed by atoms with Crippen molar-refractivity contribution in [3.8, 4) is 11.4 Å². The maximum atomic E-state index is 4.49. The van der Waals surface area contributed by atoms with Gasteiger partial charge < -0.3 is 5.32 Å². The Morgan fingerprint density at radius 1 is 1.25 bits per heavy atom. The Labute approximate surface area is 95.3 Å². The molecule has 0 aliphatic rings. The van der Waals surface area contributed by atoms with Crippen molar-refractivity contribution < 1.29 is 0 Å². The minimum absolute atomic E-state index is 0.694. The molecule has 0 saturated heterocycles. The number of nitrogens with one attached hydrogen (secondary N) is 1. The van der Waals surface area contributed by atoms with Crippen molar-refractivity contribution in [3.63, 3.8) is 0 Å². The smallest absolute Gasteiger partial charge is 0.165 e. The molecule has 0 unspecified atom stereocenters. The van der Waals surface area contributed by atoms with Crippen LogP contribution < -0.4 is 5.32 Å². The van der Waals surface area contributed by atoms with Crippen molar-refractivity contribution in [1.29, 1.82) is 0 Å². The van der Waals surface area contributed by atoms with E-state index in [4.69, 9.17) is 0 Å².